The van der Waals surface area contributed by atoms with Crippen molar-refractivity contribution in [3.05, 3.63) is 21.6 Å². The van der Waals surface area contributed by atoms with E-state index in [0.29, 0.717) is 6.42 Å². The molecule has 118 valence electrons. The number of nitrogens with two attached hydrogens (primary N) is 1. The summed E-state index contributed by atoms with van der Waals surface area (Å²) in [6.07, 6.45) is 0.716. The van der Waals surface area contributed by atoms with E-state index in [9.17, 15) is 13.6 Å². The Labute approximate surface area is 135 Å². The lowest BCUT2D eigenvalue weighted by atomic mass is 9.99. The summed E-state index contributed by atoms with van der Waals surface area (Å²) < 4.78 is 29.5. The Bertz CT molecular complexity index is 517. The Hall–Kier alpha value is -0.920. The predicted molar refractivity (Wildman–Crippen MR) is 81.8 cm³/mol. The average molecular weight is 386 g/mol. The van der Waals surface area contributed by atoms with Crippen molar-refractivity contribution in [3.8, 4) is 5.75 Å². The molecule has 0 saturated heterocycles. The quantitative estimate of drug-likeness (QED) is 0.777. The highest BCUT2D eigenvalue weighted by Crippen LogP contribution is 2.37. The van der Waals surface area contributed by atoms with Crippen molar-refractivity contribution in [2.45, 2.75) is 32.9 Å². The molecule has 0 spiro atoms. The van der Waals surface area contributed by atoms with Gasteiger partial charge in [0.1, 0.15) is 0 Å². The van der Waals surface area contributed by atoms with Crippen LogP contribution in [-0.2, 0) is 4.79 Å². The first kappa shape index (κ1) is 18.1. The summed E-state index contributed by atoms with van der Waals surface area (Å²) in [5, 5.41) is 2.74. The van der Waals surface area contributed by atoms with E-state index in [0.717, 1.165) is 0 Å². The van der Waals surface area contributed by atoms with Crippen molar-refractivity contribution in [3.63, 3.8) is 0 Å². The summed E-state index contributed by atoms with van der Waals surface area (Å²) in [7, 11) is 0. The molecule has 8 heteroatoms. The number of halogens is 4. The number of benzene rings is 1. The van der Waals surface area contributed by atoms with Gasteiger partial charge in [0.05, 0.1) is 16.2 Å². The van der Waals surface area contributed by atoms with Crippen LogP contribution in [0.3, 0.4) is 0 Å². The van der Waals surface area contributed by atoms with Crippen molar-refractivity contribution < 1.29 is 18.3 Å². The van der Waals surface area contributed by atoms with Crippen LogP contribution in [0.1, 0.15) is 20.3 Å². The van der Waals surface area contributed by atoms with Gasteiger partial charge in [0, 0.05) is 5.02 Å². The summed E-state index contributed by atoms with van der Waals surface area (Å²) in [6, 6.07) is 1.96. The van der Waals surface area contributed by atoms with Crippen molar-refractivity contribution in [2.75, 3.05) is 5.32 Å². The molecular formula is C13H16BrClF2N2O2. The summed E-state index contributed by atoms with van der Waals surface area (Å²) >= 11 is 8.93. The topological polar surface area (TPSA) is 64.4 Å². The molecule has 0 saturated carbocycles. The molecular weight excluding hydrogens is 370 g/mol. The molecule has 0 aliphatic rings. The lowest BCUT2D eigenvalue weighted by Gasteiger charge is -2.19. The van der Waals surface area contributed by atoms with Crippen LogP contribution in [0.2, 0.25) is 5.02 Å². The Morgan fingerprint density at radius 1 is 1.52 bits per heavy atom. The molecule has 0 aromatic heterocycles. The van der Waals surface area contributed by atoms with E-state index >= 15 is 0 Å². The first-order chi connectivity index (χ1) is 9.76. The molecule has 0 bridgehead atoms. The summed E-state index contributed by atoms with van der Waals surface area (Å²) in [5.74, 6) is -0.733. The maximum atomic E-state index is 12.4. The molecule has 21 heavy (non-hydrogen) atoms. The van der Waals surface area contributed by atoms with E-state index in [1.807, 2.05) is 13.8 Å². The highest BCUT2D eigenvalue weighted by molar-refractivity contribution is 9.10. The number of rotatable bonds is 6. The van der Waals surface area contributed by atoms with Gasteiger partial charge >= 0.3 is 6.61 Å². The van der Waals surface area contributed by atoms with Crippen molar-refractivity contribution >= 4 is 39.1 Å². The molecule has 2 atom stereocenters. The fraction of sp³-hybridized carbons (Fsp3) is 0.462. The number of nitrogens with one attached hydrogen (secondary N) is 1. The number of anilines is 1. The van der Waals surface area contributed by atoms with Crippen LogP contribution < -0.4 is 15.8 Å². The van der Waals surface area contributed by atoms with Crippen molar-refractivity contribution in [1.29, 1.82) is 0 Å². The van der Waals surface area contributed by atoms with E-state index < -0.39 is 18.6 Å². The Kier molecular flexibility index (Phi) is 6.83. The number of carbonyl (C=O) groups excluding carboxylic acids is 1. The van der Waals surface area contributed by atoms with Crippen LogP contribution in [0.4, 0.5) is 14.5 Å². The minimum Gasteiger partial charge on any atom is -0.431 e. The maximum absolute atomic E-state index is 12.4. The highest BCUT2D eigenvalue weighted by atomic mass is 79.9. The van der Waals surface area contributed by atoms with Crippen LogP contribution in [0.5, 0.6) is 5.75 Å². The van der Waals surface area contributed by atoms with Crippen LogP contribution >= 0.6 is 27.5 Å². The molecule has 0 aliphatic carbocycles. The van der Waals surface area contributed by atoms with Crippen LogP contribution in [0.25, 0.3) is 0 Å². The molecule has 0 unspecified atom stereocenters. The average Bonchev–Trinajstić information content (AvgIpc) is 2.40. The molecule has 0 fully saturated rings. The largest absolute Gasteiger partial charge is 0.431 e. The number of carbonyl (C=O) groups is 1. The lowest BCUT2D eigenvalue weighted by molar-refractivity contribution is -0.118. The van der Waals surface area contributed by atoms with Crippen LogP contribution in [-0.4, -0.2) is 18.6 Å². The zero-order valence-corrected chi connectivity index (χ0v) is 13.8. The molecule has 1 amide bonds. The fourth-order valence-corrected chi connectivity index (χ4v) is 2.49. The summed E-state index contributed by atoms with van der Waals surface area (Å²) in [6.45, 7) is 0.703. The third-order valence-corrected chi connectivity index (χ3v) is 3.84. The van der Waals surface area contributed by atoms with Gasteiger partial charge in [0.25, 0.3) is 0 Å². The van der Waals surface area contributed by atoms with Crippen molar-refractivity contribution in [2.24, 2.45) is 11.7 Å². The Morgan fingerprint density at radius 2 is 2.14 bits per heavy atom. The highest BCUT2D eigenvalue weighted by Gasteiger charge is 2.22. The normalized spacial score (nSPS) is 13.9. The molecule has 0 radical (unpaired) electrons. The van der Waals surface area contributed by atoms with Gasteiger partial charge in [-0.3, -0.25) is 4.79 Å². The van der Waals surface area contributed by atoms with Gasteiger partial charge in [-0.05, 0) is 34.0 Å². The molecule has 3 N–H and O–H groups in total. The van der Waals surface area contributed by atoms with Gasteiger partial charge in [-0.25, -0.2) is 0 Å². The second kappa shape index (κ2) is 7.91. The minimum absolute atomic E-state index is 0.0402. The first-order valence-corrected chi connectivity index (χ1v) is 7.43. The summed E-state index contributed by atoms with van der Waals surface area (Å²) in [5.41, 5.74) is 5.84. The molecule has 0 heterocycles. The van der Waals surface area contributed by atoms with Gasteiger partial charge in [-0.1, -0.05) is 31.9 Å². The maximum Gasteiger partial charge on any atom is 0.387 e. The number of alkyl halides is 2. The minimum atomic E-state index is -3.03. The van der Waals surface area contributed by atoms with E-state index in [2.05, 4.69) is 26.0 Å². The smallest absolute Gasteiger partial charge is 0.387 e. The zero-order chi connectivity index (χ0) is 16.2. The second-order valence-electron chi connectivity index (χ2n) is 4.54. The number of hydrogen-bond acceptors (Lipinski definition) is 3. The Morgan fingerprint density at radius 3 is 2.67 bits per heavy atom. The number of hydrogen-bond donors (Lipinski definition) is 2. The van der Waals surface area contributed by atoms with E-state index in [1.54, 1.807) is 0 Å². The first-order valence-electron chi connectivity index (χ1n) is 6.26. The van der Waals surface area contributed by atoms with Gasteiger partial charge in [-0.2, -0.15) is 8.78 Å². The van der Waals surface area contributed by atoms with Gasteiger partial charge in [-0.15, -0.1) is 0 Å². The third kappa shape index (κ3) is 5.09. The standard InChI is InChI=1S/C13H16BrClF2N2O2/c1-3-6(2)10(18)12(20)19-9-5-7(15)4-8(14)11(9)21-13(16)17/h4-6,10,13H,3,18H2,1-2H3,(H,19,20)/t6-,10-/m0/s1. The summed E-state index contributed by atoms with van der Waals surface area (Å²) in [4.78, 5) is 12.0. The predicted octanol–water partition coefficient (Wildman–Crippen LogP) is 4.02. The van der Waals surface area contributed by atoms with Gasteiger partial charge in [0.2, 0.25) is 5.91 Å². The molecule has 0 aliphatic heterocycles. The molecule has 1 aromatic rings. The van der Waals surface area contributed by atoms with E-state index in [1.165, 1.54) is 12.1 Å². The molecule has 1 rings (SSSR count). The lowest BCUT2D eigenvalue weighted by Crippen LogP contribution is -2.40. The van der Waals surface area contributed by atoms with Crippen LogP contribution in [0.15, 0.2) is 16.6 Å². The van der Waals surface area contributed by atoms with E-state index in [-0.39, 0.29) is 26.9 Å². The fourth-order valence-electron chi connectivity index (χ4n) is 1.59. The van der Waals surface area contributed by atoms with E-state index in [4.69, 9.17) is 17.3 Å². The SMILES string of the molecule is CC[C@H](C)[C@H](N)C(=O)Nc1cc(Cl)cc(Br)c1OC(F)F. The molecule has 4 nitrogen and oxygen atoms in total. The Balaban J connectivity index is 3.03. The number of amides is 1. The molecule has 1 aromatic carbocycles. The second-order valence-corrected chi connectivity index (χ2v) is 5.83. The van der Waals surface area contributed by atoms with Crippen molar-refractivity contribution in [1.82, 2.24) is 0 Å². The zero-order valence-electron chi connectivity index (χ0n) is 11.5. The van der Waals surface area contributed by atoms with Gasteiger partial charge in [0.15, 0.2) is 5.75 Å². The van der Waals surface area contributed by atoms with Crippen LogP contribution in [0, 0.1) is 5.92 Å². The monoisotopic (exact) mass is 384 g/mol. The third-order valence-electron chi connectivity index (χ3n) is 3.03. The van der Waals surface area contributed by atoms with Gasteiger partial charge < -0.3 is 15.8 Å². The number of ether oxygens (including phenoxy) is 1.